The number of rotatable bonds is 3. The van der Waals surface area contributed by atoms with Crippen LogP contribution >= 0.6 is 0 Å². The fraction of sp³-hybridized carbons (Fsp3) is 0.318. The highest BCUT2D eigenvalue weighted by Gasteiger charge is 2.38. The van der Waals surface area contributed by atoms with Crippen LogP contribution < -0.4 is 5.32 Å². The quantitative estimate of drug-likeness (QED) is 0.770. The number of aromatic carboxylic acids is 1. The molecule has 0 amide bonds. The lowest BCUT2D eigenvalue weighted by Crippen LogP contribution is -2.30. The van der Waals surface area contributed by atoms with E-state index in [0.717, 1.165) is 24.1 Å². The number of hydrogen-bond acceptors (Lipinski definition) is 2. The fourth-order valence-electron chi connectivity index (χ4n) is 4.34. The summed E-state index contributed by atoms with van der Waals surface area (Å²) >= 11 is 0. The SMILES string of the molecule is CCc1ccc([C@@H]2Nc3c(ccc(C(=O)O)c3C)[C@@H]3C=CC[C@H]32)cc1. The maximum Gasteiger partial charge on any atom is 0.336 e. The first-order chi connectivity index (χ1) is 12.1. The van der Waals surface area contributed by atoms with Crippen molar-refractivity contribution in [2.75, 3.05) is 5.32 Å². The van der Waals surface area contributed by atoms with Crippen molar-refractivity contribution in [3.8, 4) is 0 Å². The minimum Gasteiger partial charge on any atom is -0.478 e. The van der Waals surface area contributed by atoms with E-state index in [2.05, 4.69) is 48.7 Å². The molecule has 0 unspecified atom stereocenters. The Labute approximate surface area is 148 Å². The van der Waals surface area contributed by atoms with Crippen molar-refractivity contribution in [2.24, 2.45) is 5.92 Å². The molecule has 128 valence electrons. The Kier molecular flexibility index (Phi) is 3.87. The van der Waals surface area contributed by atoms with Crippen molar-refractivity contribution < 1.29 is 9.90 Å². The topological polar surface area (TPSA) is 49.3 Å². The molecule has 0 fully saturated rings. The summed E-state index contributed by atoms with van der Waals surface area (Å²) in [6, 6.07) is 12.8. The van der Waals surface area contributed by atoms with Gasteiger partial charge in [0.05, 0.1) is 11.6 Å². The van der Waals surface area contributed by atoms with Gasteiger partial charge in [0.15, 0.2) is 0 Å². The molecule has 0 saturated heterocycles. The number of nitrogens with one attached hydrogen (secondary N) is 1. The Bertz CT molecular complexity index is 851. The third-order valence-corrected chi connectivity index (χ3v) is 5.77. The maximum absolute atomic E-state index is 11.5. The van der Waals surface area contributed by atoms with Crippen LogP contribution in [0.2, 0.25) is 0 Å². The van der Waals surface area contributed by atoms with Crippen molar-refractivity contribution in [1.82, 2.24) is 0 Å². The summed E-state index contributed by atoms with van der Waals surface area (Å²) in [5, 5.41) is 13.1. The normalized spacial score (nSPS) is 23.7. The van der Waals surface area contributed by atoms with Crippen LogP contribution in [0.3, 0.4) is 0 Å². The summed E-state index contributed by atoms with van der Waals surface area (Å²) < 4.78 is 0. The molecule has 1 aliphatic heterocycles. The van der Waals surface area contributed by atoms with Crippen LogP contribution in [-0.2, 0) is 6.42 Å². The molecule has 0 aromatic heterocycles. The summed E-state index contributed by atoms with van der Waals surface area (Å²) in [6.07, 6.45) is 6.64. The van der Waals surface area contributed by atoms with Crippen LogP contribution in [0, 0.1) is 12.8 Å². The smallest absolute Gasteiger partial charge is 0.336 e. The first-order valence-corrected chi connectivity index (χ1v) is 8.99. The molecule has 2 aliphatic rings. The standard InChI is InChI=1S/C22H23NO2/c1-3-14-7-9-15(10-8-14)21-18-6-4-5-17(18)19-12-11-16(22(24)25)13(2)20(19)23-21/h4-5,7-12,17-18,21,23H,3,6H2,1-2H3,(H,24,25)/t17-,18-,21+/m1/s1. The fourth-order valence-corrected chi connectivity index (χ4v) is 4.34. The van der Waals surface area contributed by atoms with Gasteiger partial charge in [-0.1, -0.05) is 49.4 Å². The molecule has 25 heavy (non-hydrogen) atoms. The van der Waals surface area contributed by atoms with E-state index >= 15 is 0 Å². The number of carbonyl (C=O) groups is 1. The molecular weight excluding hydrogens is 310 g/mol. The number of allylic oxidation sites excluding steroid dienone is 2. The zero-order valence-corrected chi connectivity index (χ0v) is 14.6. The highest BCUT2D eigenvalue weighted by molar-refractivity contribution is 5.92. The average Bonchev–Trinajstić information content (AvgIpc) is 3.11. The molecule has 3 atom stereocenters. The molecular formula is C22H23NO2. The number of carboxylic acid groups (broad SMARTS) is 1. The number of carboxylic acids is 1. The van der Waals surface area contributed by atoms with Gasteiger partial charge in [0.2, 0.25) is 0 Å². The van der Waals surface area contributed by atoms with E-state index in [1.165, 1.54) is 16.7 Å². The maximum atomic E-state index is 11.5. The monoisotopic (exact) mass is 333 g/mol. The van der Waals surface area contributed by atoms with Crippen LogP contribution in [0.25, 0.3) is 0 Å². The summed E-state index contributed by atoms with van der Waals surface area (Å²) in [6.45, 7) is 4.07. The highest BCUT2D eigenvalue weighted by Crippen LogP contribution is 2.50. The predicted molar refractivity (Wildman–Crippen MR) is 100 cm³/mol. The predicted octanol–water partition coefficient (Wildman–Crippen LogP) is 5.08. The van der Waals surface area contributed by atoms with Gasteiger partial charge in [-0.25, -0.2) is 4.79 Å². The second-order valence-corrected chi connectivity index (χ2v) is 7.08. The van der Waals surface area contributed by atoms with E-state index in [4.69, 9.17) is 0 Å². The van der Waals surface area contributed by atoms with Crippen LogP contribution in [0.5, 0.6) is 0 Å². The Hall–Kier alpha value is -2.55. The molecule has 3 nitrogen and oxygen atoms in total. The first-order valence-electron chi connectivity index (χ1n) is 8.99. The summed E-state index contributed by atoms with van der Waals surface area (Å²) in [5.74, 6) is -0.0289. The Morgan fingerprint density at radius 1 is 1.20 bits per heavy atom. The molecule has 0 saturated carbocycles. The summed E-state index contributed by atoms with van der Waals surface area (Å²) in [5.41, 5.74) is 6.05. The molecule has 2 aromatic rings. The van der Waals surface area contributed by atoms with Gasteiger partial charge in [0.25, 0.3) is 0 Å². The minimum absolute atomic E-state index is 0.209. The Morgan fingerprint density at radius 2 is 1.96 bits per heavy atom. The van der Waals surface area contributed by atoms with Gasteiger partial charge < -0.3 is 10.4 Å². The van der Waals surface area contributed by atoms with Gasteiger partial charge in [-0.15, -0.1) is 0 Å². The van der Waals surface area contributed by atoms with E-state index < -0.39 is 5.97 Å². The van der Waals surface area contributed by atoms with E-state index in [1.807, 2.05) is 13.0 Å². The van der Waals surface area contributed by atoms with Crippen LogP contribution in [0.15, 0.2) is 48.6 Å². The van der Waals surface area contributed by atoms with Gasteiger partial charge in [0, 0.05) is 11.6 Å². The lowest BCUT2D eigenvalue weighted by Gasteiger charge is -2.38. The van der Waals surface area contributed by atoms with Crippen LogP contribution in [0.1, 0.15) is 57.9 Å². The molecule has 3 heteroatoms. The molecule has 4 rings (SSSR count). The second kappa shape index (κ2) is 6.07. The van der Waals surface area contributed by atoms with Crippen LogP contribution in [0.4, 0.5) is 5.69 Å². The third-order valence-electron chi connectivity index (χ3n) is 5.77. The average molecular weight is 333 g/mol. The summed E-state index contributed by atoms with van der Waals surface area (Å²) in [4.78, 5) is 11.5. The van der Waals surface area contributed by atoms with Crippen molar-refractivity contribution in [3.63, 3.8) is 0 Å². The van der Waals surface area contributed by atoms with Crippen molar-refractivity contribution >= 4 is 11.7 Å². The number of aryl methyl sites for hydroxylation is 1. The Balaban J connectivity index is 1.79. The van der Waals surface area contributed by atoms with Crippen molar-refractivity contribution in [3.05, 3.63) is 76.4 Å². The molecule has 0 radical (unpaired) electrons. The number of fused-ring (bicyclic) bond motifs is 3. The summed E-state index contributed by atoms with van der Waals surface area (Å²) in [7, 11) is 0. The van der Waals surface area contributed by atoms with E-state index in [0.29, 0.717) is 17.4 Å². The van der Waals surface area contributed by atoms with E-state index in [1.54, 1.807) is 6.07 Å². The van der Waals surface area contributed by atoms with Gasteiger partial charge in [-0.2, -0.15) is 0 Å². The van der Waals surface area contributed by atoms with Crippen molar-refractivity contribution in [2.45, 2.75) is 38.6 Å². The molecule has 2 aromatic carbocycles. The molecule has 0 spiro atoms. The van der Waals surface area contributed by atoms with Gasteiger partial charge in [-0.05, 0) is 54.0 Å². The van der Waals surface area contributed by atoms with Gasteiger partial charge in [0.1, 0.15) is 0 Å². The molecule has 0 bridgehead atoms. The zero-order valence-electron chi connectivity index (χ0n) is 14.6. The Morgan fingerprint density at radius 3 is 2.64 bits per heavy atom. The zero-order chi connectivity index (χ0) is 17.6. The van der Waals surface area contributed by atoms with E-state index in [9.17, 15) is 9.90 Å². The third kappa shape index (κ3) is 2.55. The van der Waals surface area contributed by atoms with Gasteiger partial charge in [-0.3, -0.25) is 0 Å². The number of hydrogen-bond donors (Lipinski definition) is 2. The first kappa shape index (κ1) is 15.9. The molecule has 2 N–H and O–H groups in total. The highest BCUT2D eigenvalue weighted by atomic mass is 16.4. The molecule has 1 aliphatic carbocycles. The minimum atomic E-state index is -0.866. The van der Waals surface area contributed by atoms with Gasteiger partial charge >= 0.3 is 5.97 Å². The van der Waals surface area contributed by atoms with Crippen molar-refractivity contribution in [1.29, 1.82) is 0 Å². The second-order valence-electron chi connectivity index (χ2n) is 7.08. The largest absolute Gasteiger partial charge is 0.478 e. The van der Waals surface area contributed by atoms with E-state index in [-0.39, 0.29) is 6.04 Å². The number of benzene rings is 2. The number of anilines is 1. The lowest BCUT2D eigenvalue weighted by molar-refractivity contribution is 0.0696. The van der Waals surface area contributed by atoms with Crippen LogP contribution in [-0.4, -0.2) is 11.1 Å². The molecule has 1 heterocycles. The lowest BCUT2D eigenvalue weighted by atomic mass is 9.76.